The Hall–Kier alpha value is -0.294. The summed E-state index contributed by atoms with van der Waals surface area (Å²) in [7, 11) is 0. The number of hydrogen-bond acceptors (Lipinski definition) is 2. The molecule has 118 valence electrons. The minimum absolute atomic E-state index is 0. The van der Waals surface area contributed by atoms with E-state index in [0.717, 1.165) is 22.3 Å². The third kappa shape index (κ3) is 3.70. The Kier molecular flexibility index (Phi) is 6.97. The Morgan fingerprint density at radius 2 is 1.26 bits per heavy atom. The molecule has 0 aliphatic rings. The molecule has 1 atom stereocenters. The first kappa shape index (κ1) is 20.8. The first-order valence-corrected chi connectivity index (χ1v) is 7.65. The molecular formula is C20H26KNO. The minimum atomic E-state index is -1.02. The second-order valence-electron chi connectivity index (χ2n) is 6.40. The van der Waals surface area contributed by atoms with E-state index in [1.807, 2.05) is 44.2 Å². The largest absolute Gasteiger partial charge is 1.00 e. The van der Waals surface area contributed by atoms with Gasteiger partial charge in [-0.05, 0) is 74.9 Å². The van der Waals surface area contributed by atoms with Crippen LogP contribution in [0.3, 0.4) is 0 Å². The van der Waals surface area contributed by atoms with Gasteiger partial charge in [-0.25, -0.2) is 0 Å². The summed E-state index contributed by atoms with van der Waals surface area (Å²) in [6.07, 6.45) is 0. The van der Waals surface area contributed by atoms with Gasteiger partial charge in [0, 0.05) is 5.56 Å². The van der Waals surface area contributed by atoms with Crippen LogP contribution in [0.25, 0.3) is 0 Å². The van der Waals surface area contributed by atoms with E-state index in [4.69, 9.17) is 5.73 Å². The van der Waals surface area contributed by atoms with Gasteiger partial charge < -0.3 is 7.16 Å². The van der Waals surface area contributed by atoms with Crippen molar-refractivity contribution in [1.29, 1.82) is 0 Å². The van der Waals surface area contributed by atoms with Gasteiger partial charge in [-0.3, -0.25) is 4.79 Å². The third-order valence-electron chi connectivity index (χ3n) is 5.07. The SMILES string of the molecule is Cc1c(C)c(C)c(C(=O)C(C)(N)c2ccccc2)c(C)c1C.[H-].[K+]. The van der Waals surface area contributed by atoms with Gasteiger partial charge in [-0.15, -0.1) is 0 Å². The minimum Gasteiger partial charge on any atom is -1.00 e. The van der Waals surface area contributed by atoms with Crippen molar-refractivity contribution in [3.8, 4) is 0 Å². The fourth-order valence-corrected chi connectivity index (χ4v) is 3.02. The van der Waals surface area contributed by atoms with E-state index in [1.165, 1.54) is 16.7 Å². The van der Waals surface area contributed by atoms with Crippen LogP contribution in [-0.2, 0) is 5.54 Å². The van der Waals surface area contributed by atoms with Crippen LogP contribution in [0.5, 0.6) is 0 Å². The summed E-state index contributed by atoms with van der Waals surface area (Å²) in [5.74, 6) is -0.0140. The van der Waals surface area contributed by atoms with Crippen molar-refractivity contribution >= 4 is 5.78 Å². The van der Waals surface area contributed by atoms with Crippen LogP contribution in [0.4, 0.5) is 0 Å². The molecule has 0 fully saturated rings. The van der Waals surface area contributed by atoms with Gasteiger partial charge in [0.15, 0.2) is 5.78 Å². The van der Waals surface area contributed by atoms with Gasteiger partial charge in [-0.2, -0.15) is 0 Å². The number of benzene rings is 2. The Bertz CT molecular complexity index is 710. The summed E-state index contributed by atoms with van der Waals surface area (Å²) < 4.78 is 0. The molecule has 2 N–H and O–H groups in total. The Labute approximate surface area is 183 Å². The second-order valence-corrected chi connectivity index (χ2v) is 6.40. The molecule has 1 unspecified atom stereocenters. The summed E-state index contributed by atoms with van der Waals surface area (Å²) in [6, 6.07) is 9.59. The van der Waals surface area contributed by atoms with E-state index >= 15 is 0 Å². The van der Waals surface area contributed by atoms with E-state index in [1.54, 1.807) is 6.92 Å². The molecule has 2 rings (SSSR count). The monoisotopic (exact) mass is 335 g/mol. The van der Waals surface area contributed by atoms with Gasteiger partial charge in [0.25, 0.3) is 0 Å². The van der Waals surface area contributed by atoms with Crippen LogP contribution < -0.4 is 57.1 Å². The maximum atomic E-state index is 13.2. The number of Topliss-reactive ketones (excluding diaryl/α,β-unsaturated/α-hetero) is 1. The summed E-state index contributed by atoms with van der Waals surface area (Å²) in [6.45, 7) is 12.1. The molecule has 0 aromatic heterocycles. The number of carbonyl (C=O) groups is 1. The van der Waals surface area contributed by atoms with Crippen molar-refractivity contribution in [2.75, 3.05) is 0 Å². The average Bonchev–Trinajstić information content (AvgIpc) is 2.52. The van der Waals surface area contributed by atoms with E-state index in [0.29, 0.717) is 0 Å². The van der Waals surface area contributed by atoms with Crippen molar-refractivity contribution in [2.24, 2.45) is 5.73 Å². The van der Waals surface area contributed by atoms with Gasteiger partial charge >= 0.3 is 51.4 Å². The maximum absolute atomic E-state index is 13.2. The quantitative estimate of drug-likeness (QED) is 0.681. The summed E-state index contributed by atoms with van der Waals surface area (Å²) >= 11 is 0. The van der Waals surface area contributed by atoms with Gasteiger partial charge in [-0.1, -0.05) is 30.3 Å². The molecule has 0 aliphatic carbocycles. The zero-order valence-electron chi connectivity index (χ0n) is 16.4. The van der Waals surface area contributed by atoms with Gasteiger partial charge in [0.2, 0.25) is 0 Å². The van der Waals surface area contributed by atoms with Crippen molar-refractivity contribution in [1.82, 2.24) is 0 Å². The smallest absolute Gasteiger partial charge is 1.00 e. The van der Waals surface area contributed by atoms with E-state index in [9.17, 15) is 4.79 Å². The predicted molar refractivity (Wildman–Crippen MR) is 93.6 cm³/mol. The molecular weight excluding hydrogens is 309 g/mol. The van der Waals surface area contributed by atoms with Crippen molar-refractivity contribution in [3.05, 3.63) is 69.3 Å². The Balaban J connectivity index is 0.00000264. The normalized spacial score (nSPS) is 13.2. The molecule has 0 amide bonds. The zero-order chi connectivity index (χ0) is 16.7. The summed E-state index contributed by atoms with van der Waals surface area (Å²) in [5, 5.41) is 0. The van der Waals surface area contributed by atoms with Crippen molar-refractivity contribution in [3.63, 3.8) is 0 Å². The molecule has 3 heteroatoms. The molecule has 2 aromatic carbocycles. The van der Waals surface area contributed by atoms with Crippen LogP contribution in [0, 0.1) is 34.6 Å². The van der Waals surface area contributed by atoms with Gasteiger partial charge in [0.05, 0.1) is 0 Å². The molecule has 0 spiro atoms. The predicted octanol–water partition coefficient (Wildman–Crippen LogP) is 1.40. The van der Waals surface area contributed by atoms with E-state index < -0.39 is 5.54 Å². The summed E-state index contributed by atoms with van der Waals surface area (Å²) in [5.41, 5.74) is 12.7. The number of hydrogen-bond donors (Lipinski definition) is 1. The molecule has 0 heterocycles. The first-order valence-electron chi connectivity index (χ1n) is 7.65. The molecule has 0 radical (unpaired) electrons. The van der Waals surface area contributed by atoms with E-state index in [-0.39, 0.29) is 58.6 Å². The standard InChI is InChI=1S/C20H25NO.K.H/c1-12-13(2)15(4)18(16(5)14(12)3)19(22)20(6,21)17-10-8-7-9-11-17;;/h7-11H,21H2,1-6H3;;/q;+1;-1. The van der Waals surface area contributed by atoms with E-state index in [2.05, 4.69) is 20.8 Å². The van der Waals surface area contributed by atoms with Crippen LogP contribution in [0.15, 0.2) is 30.3 Å². The molecule has 0 bridgehead atoms. The Morgan fingerprint density at radius 1 is 0.870 bits per heavy atom. The Morgan fingerprint density at radius 3 is 1.70 bits per heavy atom. The number of carbonyl (C=O) groups excluding carboxylic acids is 1. The fraction of sp³-hybridized carbons (Fsp3) is 0.350. The average molecular weight is 336 g/mol. The van der Waals surface area contributed by atoms with Crippen LogP contribution in [0.2, 0.25) is 0 Å². The molecule has 2 nitrogen and oxygen atoms in total. The van der Waals surface area contributed by atoms with Crippen molar-refractivity contribution in [2.45, 2.75) is 47.1 Å². The maximum Gasteiger partial charge on any atom is 1.00 e. The summed E-state index contributed by atoms with van der Waals surface area (Å²) in [4.78, 5) is 13.2. The fourth-order valence-electron chi connectivity index (χ4n) is 3.02. The third-order valence-corrected chi connectivity index (χ3v) is 5.07. The zero-order valence-corrected chi connectivity index (χ0v) is 18.5. The second kappa shape index (κ2) is 7.73. The van der Waals surface area contributed by atoms with Crippen LogP contribution in [-0.4, -0.2) is 5.78 Å². The van der Waals surface area contributed by atoms with Crippen LogP contribution >= 0.6 is 0 Å². The molecule has 0 saturated heterocycles. The van der Waals surface area contributed by atoms with Gasteiger partial charge in [0.1, 0.15) is 5.54 Å². The number of nitrogens with two attached hydrogens (primary N) is 1. The topological polar surface area (TPSA) is 43.1 Å². The first-order chi connectivity index (χ1) is 10.2. The van der Waals surface area contributed by atoms with Crippen LogP contribution in [0.1, 0.15) is 52.1 Å². The molecule has 2 aromatic rings. The number of ketones is 1. The molecule has 0 saturated carbocycles. The number of rotatable bonds is 3. The molecule has 0 aliphatic heterocycles. The van der Waals surface area contributed by atoms with Crippen molar-refractivity contribution < 1.29 is 57.6 Å². The molecule has 23 heavy (non-hydrogen) atoms.